The maximum Gasteiger partial charge on any atom is 0.336 e. The number of methoxy groups -OCH3 is 3. The Morgan fingerprint density at radius 2 is 0.638 bits per heavy atom. The molecule has 2 aromatic rings. The molecule has 0 aliphatic carbocycles. The number of aliphatic hydroxyl groups excluding tert-OH is 1. The lowest BCUT2D eigenvalue weighted by Crippen LogP contribution is -2.49. The van der Waals surface area contributed by atoms with E-state index in [4.69, 9.17) is 67.4 Å². The van der Waals surface area contributed by atoms with Crippen LogP contribution in [0.25, 0.3) is 0 Å². The minimum absolute atomic E-state index is 0.0169. The van der Waals surface area contributed by atoms with Crippen molar-refractivity contribution in [1.82, 2.24) is 28.2 Å². The third-order valence-corrected chi connectivity index (χ3v) is 8.14. The van der Waals surface area contributed by atoms with Gasteiger partial charge in [-0.05, 0) is 0 Å². The molecule has 0 atom stereocenters. The van der Waals surface area contributed by atoms with Gasteiger partial charge in [0.1, 0.15) is 13.2 Å². The number of carbonyl (C=O) groups is 4. The summed E-state index contributed by atoms with van der Waals surface area (Å²) in [4.78, 5) is 120. The summed E-state index contributed by atoms with van der Waals surface area (Å²) in [7, 11) is 4.77. The van der Waals surface area contributed by atoms with E-state index in [0.717, 1.165) is 0 Å². The van der Waals surface area contributed by atoms with Crippen molar-refractivity contribution < 1.29 is 86.6 Å². The second-order valence-corrected chi connectivity index (χ2v) is 13.2. The van der Waals surface area contributed by atoms with Crippen LogP contribution in [0.1, 0.15) is 25.7 Å². The van der Waals surface area contributed by atoms with Crippen molar-refractivity contribution in [2.24, 2.45) is 0 Å². The van der Waals surface area contributed by atoms with Crippen LogP contribution in [0.5, 0.6) is 0 Å². The number of hydrogen-bond acceptors (Lipinski definition) is 22. The summed E-state index contributed by atoms with van der Waals surface area (Å²) >= 11 is 0. The highest BCUT2D eigenvalue weighted by Crippen LogP contribution is 1.93. The van der Waals surface area contributed by atoms with Crippen LogP contribution >= 0.6 is 0 Å². The summed E-state index contributed by atoms with van der Waals surface area (Å²) in [6.45, 7) is 4.81. The van der Waals surface area contributed by atoms with Gasteiger partial charge in [0.2, 0.25) is 0 Å². The van der Waals surface area contributed by atoms with Gasteiger partial charge in [0.25, 0.3) is 0 Å². The molecule has 0 bridgehead atoms. The van der Waals surface area contributed by atoms with Crippen molar-refractivity contribution in [3.63, 3.8) is 0 Å². The molecule has 0 saturated heterocycles. The second kappa shape index (κ2) is 41.3. The van der Waals surface area contributed by atoms with Crippen LogP contribution in [0.2, 0.25) is 0 Å². The zero-order valence-corrected chi connectivity index (χ0v) is 39.1. The Hall–Kier alpha value is -5.70. The summed E-state index contributed by atoms with van der Waals surface area (Å²) in [6, 6.07) is 0. The molecule has 30 nitrogen and oxygen atoms in total. The van der Waals surface area contributed by atoms with Crippen molar-refractivity contribution in [1.29, 1.82) is 0 Å². The number of aromatic nitrogens is 6. The summed E-state index contributed by atoms with van der Waals surface area (Å²) < 4.78 is 57.9. The van der Waals surface area contributed by atoms with Gasteiger partial charge in [0, 0.05) is 47.5 Å². The predicted octanol–water partition coefficient (Wildman–Crippen LogP) is -4.77. The number of H-pyrrole nitrogens is 2. The van der Waals surface area contributed by atoms with Crippen LogP contribution in [0.15, 0.2) is 28.8 Å². The first-order valence-electron chi connectivity index (χ1n) is 21.3. The average molecular weight is 1000 g/mol. The van der Waals surface area contributed by atoms with Gasteiger partial charge in [0.15, 0.2) is 0 Å². The van der Waals surface area contributed by atoms with Gasteiger partial charge < -0.3 is 67.4 Å². The summed E-state index contributed by atoms with van der Waals surface area (Å²) in [5.41, 5.74) is -5.99. The lowest BCUT2D eigenvalue weighted by molar-refractivity contribution is -0.146. The van der Waals surface area contributed by atoms with Gasteiger partial charge in [-0.3, -0.25) is 29.1 Å². The number of esters is 2. The lowest BCUT2D eigenvalue weighted by Gasteiger charge is -2.10. The lowest BCUT2D eigenvalue weighted by atomic mass is 10.4. The SMILES string of the molecule is COCCOCCOCCO.COCCOCCOCCOC(=O)CCn1c(=O)[nH]c(=O)n(CCC(=O)OCCOCCOCCOC)c1=O.O=C(O)CCn1c(=O)[nH]c(=O)n(CCC(=O)O)c1=O. The molecular formula is C39H66N6O24. The largest absolute Gasteiger partial charge is 0.481 e. The molecule has 2 heterocycles. The molecule has 0 amide bonds. The van der Waals surface area contributed by atoms with Gasteiger partial charge in [-0.1, -0.05) is 0 Å². The highest BCUT2D eigenvalue weighted by atomic mass is 16.6. The van der Waals surface area contributed by atoms with Gasteiger partial charge in [-0.2, -0.15) is 0 Å². The third kappa shape index (κ3) is 31.9. The fraction of sp³-hybridized carbons (Fsp3) is 0.744. The first kappa shape index (κ1) is 63.3. The quantitative estimate of drug-likeness (QED) is 0.0311. The fourth-order valence-electron chi connectivity index (χ4n) is 4.73. The standard InChI is InChI=1S/C23H39N3O13.C9H11N3O7.C7H16O4/c1-32-7-9-34-11-13-36-15-17-38-19(27)3-5-25-21(29)24-22(30)26(23(25)31)6-4-20(28)39-18-16-37-14-12-35-10-8-33-2;13-5(14)1-3-11-7(17)10-8(18)12(9(11)19)4-2-6(15)16;1-9-4-5-11-7-6-10-3-2-8/h3-18H2,1-2H3,(H,24,29,30);1-4H2,(H,13,14)(H,15,16)(H,10,17,18);8H,2-7H2,1H3. The van der Waals surface area contributed by atoms with E-state index < -0.39 is 83.9 Å². The number of rotatable bonds is 38. The number of aliphatic hydroxyl groups is 1. The van der Waals surface area contributed by atoms with Crippen LogP contribution in [0.3, 0.4) is 0 Å². The number of aliphatic carboxylic acids is 2. The molecular weight excluding hydrogens is 936 g/mol. The third-order valence-electron chi connectivity index (χ3n) is 8.14. The minimum Gasteiger partial charge on any atom is -0.481 e. The van der Waals surface area contributed by atoms with Crippen LogP contribution < -0.4 is 34.1 Å². The molecule has 0 radical (unpaired) electrons. The Morgan fingerprint density at radius 1 is 0.391 bits per heavy atom. The number of nitrogens with one attached hydrogen (secondary N) is 2. The number of ether oxygens (including phenoxy) is 11. The molecule has 5 N–H and O–H groups in total. The number of aromatic amines is 2. The fourth-order valence-corrected chi connectivity index (χ4v) is 4.73. The maximum absolute atomic E-state index is 12.6. The first-order chi connectivity index (χ1) is 33.1. The van der Waals surface area contributed by atoms with Crippen molar-refractivity contribution in [3.8, 4) is 0 Å². The van der Waals surface area contributed by atoms with Crippen molar-refractivity contribution in [3.05, 3.63) is 62.9 Å². The van der Waals surface area contributed by atoms with Crippen LogP contribution in [-0.2, 0) is 97.5 Å². The molecule has 0 unspecified atom stereocenters. The van der Waals surface area contributed by atoms with Gasteiger partial charge in [-0.25, -0.2) is 47.0 Å². The van der Waals surface area contributed by atoms with E-state index in [-0.39, 0.29) is 59.0 Å². The van der Waals surface area contributed by atoms with Crippen LogP contribution in [-0.4, -0.2) is 208 Å². The summed E-state index contributed by atoms with van der Waals surface area (Å²) in [5.74, 6) is -3.75. The Labute approximate surface area is 393 Å². The molecule has 0 fully saturated rings. The maximum atomic E-state index is 12.6. The minimum atomic E-state index is -1.21. The molecule has 0 saturated carbocycles. The molecule has 0 aromatic carbocycles. The van der Waals surface area contributed by atoms with E-state index in [0.29, 0.717) is 104 Å². The molecule has 2 aromatic heterocycles. The summed E-state index contributed by atoms with van der Waals surface area (Å²) in [5, 5.41) is 25.3. The van der Waals surface area contributed by atoms with Crippen molar-refractivity contribution >= 4 is 23.9 Å². The van der Waals surface area contributed by atoms with E-state index in [1.807, 2.05) is 9.97 Å². The van der Waals surface area contributed by atoms with Crippen molar-refractivity contribution in [2.45, 2.75) is 51.9 Å². The smallest absolute Gasteiger partial charge is 0.336 e. The van der Waals surface area contributed by atoms with E-state index in [1.54, 1.807) is 21.3 Å². The molecule has 0 spiro atoms. The second-order valence-electron chi connectivity index (χ2n) is 13.2. The van der Waals surface area contributed by atoms with E-state index in [1.165, 1.54) is 0 Å². The summed E-state index contributed by atoms with van der Waals surface area (Å²) in [6.07, 6.45) is -1.53. The Balaban J connectivity index is 0.00000126. The highest BCUT2D eigenvalue weighted by molar-refractivity contribution is 5.69. The van der Waals surface area contributed by atoms with E-state index in [2.05, 4.69) is 0 Å². The first-order valence-corrected chi connectivity index (χ1v) is 21.3. The Kier molecular flexibility index (Phi) is 37.9. The molecule has 2 rings (SSSR count). The zero-order valence-electron chi connectivity index (χ0n) is 39.1. The average Bonchev–Trinajstić information content (AvgIpc) is 3.30. The Morgan fingerprint density at radius 3 is 0.899 bits per heavy atom. The number of hydrogen-bond donors (Lipinski definition) is 5. The number of carbonyl (C=O) groups excluding carboxylic acids is 2. The van der Waals surface area contributed by atoms with Crippen LogP contribution in [0.4, 0.5) is 0 Å². The topological polar surface area (TPSA) is 384 Å². The normalized spacial score (nSPS) is 10.7. The Bertz CT molecular complexity index is 1960. The van der Waals surface area contributed by atoms with Crippen molar-refractivity contribution in [2.75, 3.05) is 140 Å². The molecule has 0 aliphatic heterocycles. The number of carboxylic acid groups (broad SMARTS) is 2. The molecule has 396 valence electrons. The predicted molar refractivity (Wildman–Crippen MR) is 234 cm³/mol. The highest BCUT2D eigenvalue weighted by Gasteiger charge is 2.15. The molecule has 30 heteroatoms. The van der Waals surface area contributed by atoms with E-state index in [9.17, 15) is 47.9 Å². The van der Waals surface area contributed by atoms with Gasteiger partial charge >= 0.3 is 58.0 Å². The number of carboxylic acids is 2. The number of nitrogens with zero attached hydrogens (tertiary/aromatic N) is 4. The van der Waals surface area contributed by atoms with Crippen LogP contribution in [0, 0.1) is 0 Å². The monoisotopic (exact) mass is 1000 g/mol. The van der Waals surface area contributed by atoms with Gasteiger partial charge in [0.05, 0.1) is 131 Å². The van der Waals surface area contributed by atoms with E-state index >= 15 is 0 Å². The molecule has 0 aliphatic rings. The van der Waals surface area contributed by atoms with Gasteiger partial charge in [-0.15, -0.1) is 0 Å². The zero-order chi connectivity index (χ0) is 51.7. The molecule has 69 heavy (non-hydrogen) atoms.